The van der Waals surface area contributed by atoms with Crippen LogP contribution in [0.3, 0.4) is 0 Å². The summed E-state index contributed by atoms with van der Waals surface area (Å²) < 4.78 is 53.1. The van der Waals surface area contributed by atoms with Crippen molar-refractivity contribution in [3.05, 3.63) is 46.4 Å². The summed E-state index contributed by atoms with van der Waals surface area (Å²) in [6, 6.07) is 8.88. The predicted octanol–water partition coefficient (Wildman–Crippen LogP) is 5.05. The lowest BCUT2D eigenvalue weighted by molar-refractivity contribution is -0.153. The molecule has 0 fully saturated rings. The van der Waals surface area contributed by atoms with E-state index >= 15 is 0 Å². The number of hydrogen-bond donors (Lipinski definition) is 1. The average Bonchev–Trinajstić information content (AvgIpc) is 2.61. The summed E-state index contributed by atoms with van der Waals surface area (Å²) in [5.74, 6) is 0.170. The second kappa shape index (κ2) is 8.98. The smallest absolute Gasteiger partial charge is 0.422 e. The largest absolute Gasteiger partial charge is 0.493 e. The molecule has 2 rings (SSSR count). The Labute approximate surface area is 162 Å². The SMILES string of the molecule is CCOc1c(Br)cc(C(=O)Nc2ccccc2OCC(F)(F)F)cc1OC. The van der Waals surface area contributed by atoms with Gasteiger partial charge in [0.1, 0.15) is 5.75 Å². The molecule has 1 N–H and O–H groups in total. The van der Waals surface area contributed by atoms with Gasteiger partial charge in [-0.1, -0.05) is 12.1 Å². The van der Waals surface area contributed by atoms with Crippen LogP contribution in [0, 0.1) is 0 Å². The van der Waals surface area contributed by atoms with Crippen LogP contribution in [0.25, 0.3) is 0 Å². The Hall–Kier alpha value is -2.42. The van der Waals surface area contributed by atoms with Gasteiger partial charge in [-0.3, -0.25) is 4.79 Å². The molecule has 0 aromatic heterocycles. The standard InChI is InChI=1S/C18H17BrF3NO4/c1-3-26-16-12(19)8-11(9-15(16)25-2)17(24)23-13-6-4-5-7-14(13)27-10-18(20,21)22/h4-9H,3,10H2,1-2H3,(H,23,24). The van der Waals surface area contributed by atoms with Crippen molar-refractivity contribution in [3.63, 3.8) is 0 Å². The van der Waals surface area contributed by atoms with Crippen LogP contribution < -0.4 is 19.5 Å². The summed E-state index contributed by atoms with van der Waals surface area (Å²) in [5, 5.41) is 2.54. The molecule has 146 valence electrons. The number of benzene rings is 2. The Morgan fingerprint density at radius 3 is 2.48 bits per heavy atom. The summed E-state index contributed by atoms with van der Waals surface area (Å²) in [7, 11) is 1.44. The highest BCUT2D eigenvalue weighted by Crippen LogP contribution is 2.37. The van der Waals surface area contributed by atoms with Crippen LogP contribution in [0.1, 0.15) is 17.3 Å². The molecule has 0 bridgehead atoms. The van der Waals surface area contributed by atoms with Crippen LogP contribution in [0.15, 0.2) is 40.9 Å². The molecular weight excluding hydrogens is 431 g/mol. The quantitative estimate of drug-likeness (QED) is 0.645. The van der Waals surface area contributed by atoms with Gasteiger partial charge in [-0.25, -0.2) is 0 Å². The van der Waals surface area contributed by atoms with E-state index in [4.69, 9.17) is 14.2 Å². The van der Waals surface area contributed by atoms with Crippen molar-refractivity contribution in [3.8, 4) is 17.2 Å². The van der Waals surface area contributed by atoms with Gasteiger partial charge in [-0.15, -0.1) is 0 Å². The van der Waals surface area contributed by atoms with Gasteiger partial charge in [0.25, 0.3) is 5.91 Å². The number of carbonyl (C=O) groups excluding carboxylic acids is 1. The van der Waals surface area contributed by atoms with Crippen LogP contribution in [0.4, 0.5) is 18.9 Å². The minimum Gasteiger partial charge on any atom is -0.493 e. The fraction of sp³-hybridized carbons (Fsp3) is 0.278. The molecule has 0 saturated heterocycles. The molecule has 0 unspecified atom stereocenters. The predicted molar refractivity (Wildman–Crippen MR) is 97.8 cm³/mol. The van der Waals surface area contributed by atoms with Gasteiger partial charge in [0, 0.05) is 5.56 Å². The Bertz CT molecular complexity index is 812. The topological polar surface area (TPSA) is 56.8 Å². The van der Waals surface area contributed by atoms with Crippen LogP contribution in [0.2, 0.25) is 0 Å². The molecule has 0 heterocycles. The minimum absolute atomic E-state index is 0.0832. The first kappa shape index (κ1) is 20.9. The normalized spacial score (nSPS) is 11.0. The molecule has 9 heteroatoms. The van der Waals surface area contributed by atoms with Gasteiger partial charge in [-0.05, 0) is 47.1 Å². The highest BCUT2D eigenvalue weighted by atomic mass is 79.9. The zero-order chi connectivity index (χ0) is 20.0. The first-order chi connectivity index (χ1) is 12.7. The van der Waals surface area contributed by atoms with E-state index < -0.39 is 18.7 Å². The van der Waals surface area contributed by atoms with Crippen LogP contribution >= 0.6 is 15.9 Å². The summed E-state index contributed by atoms with van der Waals surface area (Å²) in [4.78, 5) is 12.6. The molecule has 27 heavy (non-hydrogen) atoms. The first-order valence-corrected chi connectivity index (χ1v) is 8.64. The summed E-state index contributed by atoms with van der Waals surface area (Å²) in [6.45, 7) is 0.761. The number of halogens is 4. The number of carbonyl (C=O) groups is 1. The zero-order valence-corrected chi connectivity index (χ0v) is 16.1. The number of amides is 1. The Morgan fingerprint density at radius 2 is 1.85 bits per heavy atom. The molecule has 0 saturated carbocycles. The molecule has 0 aliphatic heterocycles. The second-order valence-corrected chi connectivity index (χ2v) is 6.13. The van der Waals surface area contributed by atoms with Crippen molar-refractivity contribution >= 4 is 27.5 Å². The number of para-hydroxylation sites is 2. The molecule has 0 atom stereocenters. The van der Waals surface area contributed by atoms with E-state index in [1.165, 1.54) is 37.4 Å². The fourth-order valence-corrected chi connectivity index (χ4v) is 2.74. The molecule has 2 aromatic carbocycles. The van der Waals surface area contributed by atoms with Crippen molar-refractivity contribution in [1.82, 2.24) is 0 Å². The Morgan fingerprint density at radius 1 is 1.15 bits per heavy atom. The lowest BCUT2D eigenvalue weighted by Crippen LogP contribution is -2.20. The third kappa shape index (κ3) is 5.78. The summed E-state index contributed by atoms with van der Waals surface area (Å²) in [6.07, 6.45) is -4.48. The first-order valence-electron chi connectivity index (χ1n) is 7.85. The Balaban J connectivity index is 2.24. The van der Waals surface area contributed by atoms with Crippen molar-refractivity contribution in [1.29, 1.82) is 0 Å². The average molecular weight is 448 g/mol. The molecule has 1 amide bonds. The summed E-state index contributed by atoms with van der Waals surface area (Å²) >= 11 is 3.32. The summed E-state index contributed by atoms with van der Waals surface area (Å²) in [5.41, 5.74) is 0.350. The van der Waals surface area contributed by atoms with E-state index in [-0.39, 0.29) is 17.0 Å². The Kier molecular flexibility index (Phi) is 6.95. The molecule has 0 radical (unpaired) electrons. The number of anilines is 1. The van der Waals surface area contributed by atoms with Crippen LogP contribution in [0.5, 0.6) is 17.2 Å². The third-order valence-corrected chi connectivity index (χ3v) is 3.90. The number of alkyl halides is 3. The van der Waals surface area contributed by atoms with Crippen LogP contribution in [-0.2, 0) is 0 Å². The number of ether oxygens (including phenoxy) is 3. The van der Waals surface area contributed by atoms with E-state index in [2.05, 4.69) is 21.2 Å². The third-order valence-electron chi connectivity index (χ3n) is 3.31. The lowest BCUT2D eigenvalue weighted by Gasteiger charge is -2.15. The maximum Gasteiger partial charge on any atom is 0.422 e. The number of rotatable bonds is 7. The molecular formula is C18H17BrF3NO4. The second-order valence-electron chi connectivity index (χ2n) is 5.28. The highest BCUT2D eigenvalue weighted by molar-refractivity contribution is 9.10. The maximum absolute atomic E-state index is 12.6. The van der Waals surface area contributed by atoms with E-state index in [0.717, 1.165) is 0 Å². The van der Waals surface area contributed by atoms with Gasteiger partial charge in [0.05, 0.1) is 23.9 Å². The van der Waals surface area contributed by atoms with Crippen molar-refractivity contribution in [2.45, 2.75) is 13.1 Å². The molecule has 0 aliphatic carbocycles. The van der Waals surface area contributed by atoms with E-state index in [0.29, 0.717) is 22.6 Å². The van der Waals surface area contributed by atoms with Crippen LogP contribution in [-0.4, -0.2) is 32.4 Å². The van der Waals surface area contributed by atoms with Crippen molar-refractivity contribution in [2.75, 3.05) is 25.6 Å². The maximum atomic E-state index is 12.6. The lowest BCUT2D eigenvalue weighted by atomic mass is 10.1. The number of methoxy groups -OCH3 is 1. The van der Waals surface area contributed by atoms with Gasteiger partial charge in [0.2, 0.25) is 0 Å². The monoisotopic (exact) mass is 447 g/mol. The molecule has 0 aliphatic rings. The number of hydrogen-bond acceptors (Lipinski definition) is 4. The van der Waals surface area contributed by atoms with Crippen molar-refractivity contribution in [2.24, 2.45) is 0 Å². The molecule has 2 aromatic rings. The highest BCUT2D eigenvalue weighted by Gasteiger charge is 2.29. The van der Waals surface area contributed by atoms with Gasteiger partial charge < -0.3 is 19.5 Å². The van der Waals surface area contributed by atoms with E-state index in [1.807, 2.05) is 6.92 Å². The van der Waals surface area contributed by atoms with Gasteiger partial charge >= 0.3 is 6.18 Å². The molecule has 5 nitrogen and oxygen atoms in total. The number of nitrogens with one attached hydrogen (secondary N) is 1. The molecule has 0 spiro atoms. The van der Waals surface area contributed by atoms with Gasteiger partial charge in [0.15, 0.2) is 18.1 Å². The van der Waals surface area contributed by atoms with E-state index in [9.17, 15) is 18.0 Å². The van der Waals surface area contributed by atoms with Crippen molar-refractivity contribution < 1.29 is 32.2 Å². The fourth-order valence-electron chi connectivity index (χ4n) is 2.19. The minimum atomic E-state index is -4.48. The zero-order valence-electron chi connectivity index (χ0n) is 14.5. The van der Waals surface area contributed by atoms with E-state index in [1.54, 1.807) is 6.07 Å². The van der Waals surface area contributed by atoms with Gasteiger partial charge in [-0.2, -0.15) is 13.2 Å².